The predicted molar refractivity (Wildman–Crippen MR) is 93.8 cm³/mol. The molecule has 1 aromatic carbocycles. The summed E-state index contributed by atoms with van der Waals surface area (Å²) in [5.41, 5.74) is 1.23. The van der Waals surface area contributed by atoms with Crippen LogP contribution in [0.4, 0.5) is 4.39 Å². The number of hydrogen-bond acceptors (Lipinski definition) is 3. The summed E-state index contributed by atoms with van der Waals surface area (Å²) in [6, 6.07) is 8.03. The number of rotatable bonds is 4. The number of nitrogens with zero attached hydrogens (tertiary/aromatic N) is 1. The first-order valence-electron chi connectivity index (χ1n) is 7.48. The van der Waals surface area contributed by atoms with Gasteiger partial charge in [0.2, 0.25) is 0 Å². The van der Waals surface area contributed by atoms with E-state index in [1.807, 2.05) is 0 Å². The lowest BCUT2D eigenvalue weighted by Crippen LogP contribution is -2.24. The molecule has 0 saturated heterocycles. The van der Waals surface area contributed by atoms with Crippen molar-refractivity contribution in [3.63, 3.8) is 0 Å². The number of pyridine rings is 1. The van der Waals surface area contributed by atoms with Crippen LogP contribution in [-0.4, -0.2) is 16.6 Å². The molecule has 128 valence electrons. The van der Waals surface area contributed by atoms with Crippen molar-refractivity contribution in [1.29, 1.82) is 0 Å². The zero-order valence-electron chi connectivity index (χ0n) is 13.7. The van der Waals surface area contributed by atoms with Crippen LogP contribution in [0.3, 0.4) is 0 Å². The lowest BCUT2D eigenvalue weighted by Gasteiger charge is -2.19. The van der Waals surface area contributed by atoms with E-state index in [0.717, 1.165) is 0 Å². The fourth-order valence-corrected chi connectivity index (χ4v) is 2.65. The number of carbonyl (C=O) groups excluding carboxylic acids is 1. The first kappa shape index (κ1) is 18.7. The number of carbonyl (C=O) groups is 1. The van der Waals surface area contributed by atoms with E-state index in [1.165, 1.54) is 6.07 Å². The highest BCUT2D eigenvalue weighted by atomic mass is 35.5. The van der Waals surface area contributed by atoms with Crippen molar-refractivity contribution >= 4 is 29.2 Å². The van der Waals surface area contributed by atoms with Gasteiger partial charge in [-0.25, -0.2) is 9.37 Å². The van der Waals surface area contributed by atoms with E-state index < -0.39 is 5.60 Å². The molecule has 0 fully saturated rings. The van der Waals surface area contributed by atoms with Crippen LogP contribution in [0.5, 0.6) is 0 Å². The molecule has 0 aliphatic rings. The second-order valence-corrected chi connectivity index (χ2v) is 7.17. The normalized spacial score (nSPS) is 11.4. The SMILES string of the molecule is CC(C)(C)OC(=O)CCc1ccc(-c2cc(Cl)nc(Cl)c2)cc1F. The van der Waals surface area contributed by atoms with Gasteiger partial charge in [-0.05, 0) is 62.1 Å². The Kier molecular flexibility index (Phi) is 5.83. The largest absolute Gasteiger partial charge is 0.460 e. The van der Waals surface area contributed by atoms with Crippen molar-refractivity contribution in [3.05, 3.63) is 52.0 Å². The first-order valence-corrected chi connectivity index (χ1v) is 8.23. The number of benzene rings is 1. The number of hydrogen-bond donors (Lipinski definition) is 0. The van der Waals surface area contributed by atoms with E-state index in [-0.39, 0.29) is 34.9 Å². The average molecular weight is 370 g/mol. The maximum atomic E-state index is 14.3. The molecule has 3 nitrogen and oxygen atoms in total. The van der Waals surface area contributed by atoms with E-state index in [0.29, 0.717) is 16.7 Å². The third-order valence-corrected chi connectivity index (χ3v) is 3.55. The molecule has 0 aliphatic carbocycles. The molecule has 0 bridgehead atoms. The molecule has 0 radical (unpaired) electrons. The van der Waals surface area contributed by atoms with Crippen LogP contribution < -0.4 is 0 Å². The molecule has 0 atom stereocenters. The fraction of sp³-hybridized carbons (Fsp3) is 0.333. The van der Waals surface area contributed by atoms with Gasteiger partial charge in [0.15, 0.2) is 0 Å². The summed E-state index contributed by atoms with van der Waals surface area (Å²) >= 11 is 11.7. The highest BCUT2D eigenvalue weighted by molar-refractivity contribution is 6.32. The number of esters is 1. The molecule has 0 saturated carbocycles. The summed E-state index contributed by atoms with van der Waals surface area (Å²) in [5, 5.41) is 0.485. The van der Waals surface area contributed by atoms with Crippen LogP contribution in [-0.2, 0) is 16.0 Å². The Hall–Kier alpha value is -1.65. The van der Waals surface area contributed by atoms with E-state index in [9.17, 15) is 9.18 Å². The monoisotopic (exact) mass is 369 g/mol. The number of aryl methyl sites for hydroxylation is 1. The summed E-state index contributed by atoms with van der Waals surface area (Å²) in [6.07, 6.45) is 0.402. The second-order valence-electron chi connectivity index (χ2n) is 6.39. The van der Waals surface area contributed by atoms with Crippen molar-refractivity contribution in [2.24, 2.45) is 0 Å². The predicted octanol–water partition coefficient (Wildman–Crippen LogP) is 5.47. The Labute approximate surface area is 150 Å². The van der Waals surface area contributed by atoms with Crippen LogP contribution in [0.2, 0.25) is 10.3 Å². The van der Waals surface area contributed by atoms with Gasteiger partial charge in [-0.3, -0.25) is 4.79 Å². The van der Waals surface area contributed by atoms with Gasteiger partial charge in [0, 0.05) is 6.42 Å². The van der Waals surface area contributed by atoms with E-state index in [1.54, 1.807) is 45.0 Å². The van der Waals surface area contributed by atoms with Crippen molar-refractivity contribution in [1.82, 2.24) is 4.98 Å². The molecule has 0 N–H and O–H groups in total. The highest BCUT2D eigenvalue weighted by Gasteiger charge is 2.16. The molecule has 0 amide bonds. The minimum Gasteiger partial charge on any atom is -0.460 e. The summed E-state index contributed by atoms with van der Waals surface area (Å²) in [7, 11) is 0. The summed E-state index contributed by atoms with van der Waals surface area (Å²) in [4.78, 5) is 15.6. The van der Waals surface area contributed by atoms with Gasteiger partial charge >= 0.3 is 5.97 Å². The maximum absolute atomic E-state index is 14.3. The smallest absolute Gasteiger partial charge is 0.306 e. The molecule has 2 rings (SSSR count). The number of ether oxygens (including phenoxy) is 1. The van der Waals surface area contributed by atoms with Gasteiger partial charge in [-0.2, -0.15) is 0 Å². The van der Waals surface area contributed by atoms with Crippen LogP contribution in [0, 0.1) is 5.82 Å². The van der Waals surface area contributed by atoms with Gasteiger partial charge < -0.3 is 4.74 Å². The third-order valence-electron chi connectivity index (χ3n) is 3.17. The van der Waals surface area contributed by atoms with Crippen LogP contribution in [0.1, 0.15) is 32.8 Å². The van der Waals surface area contributed by atoms with Crippen LogP contribution in [0.25, 0.3) is 11.1 Å². The average Bonchev–Trinajstić information content (AvgIpc) is 2.43. The first-order chi connectivity index (χ1) is 11.1. The van der Waals surface area contributed by atoms with Crippen LogP contribution >= 0.6 is 23.2 Å². The summed E-state index contributed by atoms with van der Waals surface area (Å²) in [6.45, 7) is 5.39. The molecule has 2 aromatic rings. The molecule has 0 unspecified atom stereocenters. The zero-order chi connectivity index (χ0) is 17.9. The van der Waals surface area contributed by atoms with Gasteiger partial charge in [0.1, 0.15) is 21.7 Å². The van der Waals surface area contributed by atoms with Gasteiger partial charge in [-0.15, -0.1) is 0 Å². The molecule has 1 aromatic heterocycles. The fourth-order valence-electron chi connectivity index (χ4n) is 2.19. The summed E-state index contributed by atoms with van der Waals surface area (Å²) in [5.74, 6) is -0.737. The Morgan fingerprint density at radius 3 is 2.29 bits per heavy atom. The summed E-state index contributed by atoms with van der Waals surface area (Å²) < 4.78 is 19.5. The van der Waals surface area contributed by atoms with Gasteiger partial charge in [0.25, 0.3) is 0 Å². The molecule has 0 aliphatic heterocycles. The third kappa shape index (κ3) is 5.46. The molecule has 6 heteroatoms. The minimum absolute atomic E-state index is 0.125. The van der Waals surface area contributed by atoms with Gasteiger partial charge in [0.05, 0.1) is 0 Å². The quantitative estimate of drug-likeness (QED) is 0.529. The van der Waals surface area contributed by atoms with Crippen molar-refractivity contribution < 1.29 is 13.9 Å². The number of aromatic nitrogens is 1. The maximum Gasteiger partial charge on any atom is 0.306 e. The van der Waals surface area contributed by atoms with Crippen molar-refractivity contribution in [3.8, 4) is 11.1 Å². The Morgan fingerprint density at radius 2 is 1.75 bits per heavy atom. The molecular formula is C18H18Cl2FNO2. The van der Waals surface area contributed by atoms with E-state index in [4.69, 9.17) is 27.9 Å². The Bertz CT molecular complexity index is 737. The van der Waals surface area contributed by atoms with Crippen molar-refractivity contribution in [2.45, 2.75) is 39.2 Å². The zero-order valence-corrected chi connectivity index (χ0v) is 15.2. The lowest BCUT2D eigenvalue weighted by molar-refractivity contribution is -0.154. The molecule has 24 heavy (non-hydrogen) atoms. The van der Waals surface area contributed by atoms with E-state index >= 15 is 0 Å². The topological polar surface area (TPSA) is 39.2 Å². The standard InChI is InChI=1S/C18H18Cl2FNO2/c1-18(2,3)24-17(23)7-6-11-4-5-12(8-14(11)21)13-9-15(19)22-16(20)10-13/h4-5,8-10H,6-7H2,1-3H3. The Morgan fingerprint density at radius 1 is 1.12 bits per heavy atom. The highest BCUT2D eigenvalue weighted by Crippen LogP contribution is 2.27. The molecular weight excluding hydrogens is 352 g/mol. The lowest BCUT2D eigenvalue weighted by atomic mass is 10.0. The van der Waals surface area contributed by atoms with Crippen molar-refractivity contribution in [2.75, 3.05) is 0 Å². The van der Waals surface area contributed by atoms with Gasteiger partial charge in [-0.1, -0.05) is 35.3 Å². The van der Waals surface area contributed by atoms with E-state index in [2.05, 4.69) is 4.98 Å². The number of halogens is 3. The Balaban J connectivity index is 2.11. The second kappa shape index (κ2) is 7.49. The molecule has 1 heterocycles. The minimum atomic E-state index is -0.542. The van der Waals surface area contributed by atoms with Crippen LogP contribution in [0.15, 0.2) is 30.3 Å². The molecule has 0 spiro atoms.